The number of methoxy groups -OCH3 is 1. The molecule has 3 rings (SSSR count). The van der Waals surface area contributed by atoms with Crippen LogP contribution in [0, 0.1) is 0 Å². The Bertz CT molecular complexity index is 716. The molecule has 2 heterocycles. The molecule has 1 aliphatic rings. The number of nitrogens with zero attached hydrogens (tertiary/aromatic N) is 2. The molecule has 23 heavy (non-hydrogen) atoms. The summed E-state index contributed by atoms with van der Waals surface area (Å²) in [5.74, 6) is 1.20. The van der Waals surface area contributed by atoms with Gasteiger partial charge in [-0.05, 0) is 53.0 Å². The number of halogens is 1. The van der Waals surface area contributed by atoms with E-state index in [1.54, 1.807) is 30.5 Å². The fourth-order valence-corrected chi connectivity index (χ4v) is 3.07. The van der Waals surface area contributed by atoms with E-state index in [2.05, 4.69) is 30.6 Å². The van der Waals surface area contributed by atoms with Crippen LogP contribution < -0.4 is 4.90 Å². The SMILES string of the molecule is COC(=O)c1ccc(N=Cc2cc(Br)c(N3CCCC3)o2)cc1. The molecule has 0 bridgehead atoms. The van der Waals surface area contributed by atoms with Crippen LogP contribution in [0.4, 0.5) is 11.6 Å². The predicted octanol–water partition coefficient (Wildman–Crippen LogP) is 4.18. The van der Waals surface area contributed by atoms with Gasteiger partial charge in [0.25, 0.3) is 0 Å². The second-order valence-corrected chi connectivity index (χ2v) is 6.15. The van der Waals surface area contributed by atoms with Crippen LogP contribution in [0.3, 0.4) is 0 Å². The number of anilines is 1. The van der Waals surface area contributed by atoms with Crippen molar-refractivity contribution in [2.45, 2.75) is 12.8 Å². The molecular weight excluding hydrogens is 360 g/mol. The zero-order valence-electron chi connectivity index (χ0n) is 12.8. The Balaban J connectivity index is 1.72. The minimum Gasteiger partial charge on any atom is -0.465 e. The lowest BCUT2D eigenvalue weighted by molar-refractivity contribution is 0.0601. The Morgan fingerprint density at radius 3 is 2.65 bits per heavy atom. The molecule has 120 valence electrons. The van der Waals surface area contributed by atoms with E-state index in [9.17, 15) is 4.79 Å². The van der Waals surface area contributed by atoms with E-state index in [0.717, 1.165) is 29.1 Å². The number of carbonyl (C=O) groups excluding carboxylic acids is 1. The maximum Gasteiger partial charge on any atom is 0.337 e. The number of benzene rings is 1. The first-order chi connectivity index (χ1) is 11.2. The average molecular weight is 377 g/mol. The van der Waals surface area contributed by atoms with Crippen LogP contribution >= 0.6 is 15.9 Å². The highest BCUT2D eigenvalue weighted by Gasteiger charge is 2.19. The van der Waals surface area contributed by atoms with Crippen LogP contribution in [0.25, 0.3) is 0 Å². The van der Waals surface area contributed by atoms with Crippen molar-refractivity contribution >= 4 is 39.7 Å². The number of carbonyl (C=O) groups is 1. The van der Waals surface area contributed by atoms with Gasteiger partial charge >= 0.3 is 5.97 Å². The number of hydrogen-bond acceptors (Lipinski definition) is 5. The van der Waals surface area contributed by atoms with Crippen molar-refractivity contribution < 1.29 is 13.9 Å². The number of furan rings is 1. The number of hydrogen-bond donors (Lipinski definition) is 0. The van der Waals surface area contributed by atoms with Crippen molar-refractivity contribution in [2.24, 2.45) is 4.99 Å². The second kappa shape index (κ2) is 7.00. The lowest BCUT2D eigenvalue weighted by Gasteiger charge is -2.13. The molecule has 0 aliphatic carbocycles. The van der Waals surface area contributed by atoms with Gasteiger partial charge in [-0.25, -0.2) is 4.79 Å². The van der Waals surface area contributed by atoms with Crippen molar-refractivity contribution in [3.8, 4) is 0 Å². The first-order valence-electron chi connectivity index (χ1n) is 7.44. The first kappa shape index (κ1) is 15.8. The molecule has 0 N–H and O–H groups in total. The lowest BCUT2D eigenvalue weighted by Crippen LogP contribution is -2.17. The van der Waals surface area contributed by atoms with E-state index in [1.165, 1.54) is 20.0 Å². The van der Waals surface area contributed by atoms with Gasteiger partial charge in [-0.2, -0.15) is 0 Å². The zero-order chi connectivity index (χ0) is 16.2. The van der Waals surface area contributed by atoms with Gasteiger partial charge in [0, 0.05) is 19.2 Å². The monoisotopic (exact) mass is 376 g/mol. The van der Waals surface area contributed by atoms with Crippen LogP contribution in [0.5, 0.6) is 0 Å². The Morgan fingerprint density at radius 1 is 1.30 bits per heavy atom. The summed E-state index contributed by atoms with van der Waals surface area (Å²) in [5.41, 5.74) is 1.25. The quantitative estimate of drug-likeness (QED) is 0.593. The van der Waals surface area contributed by atoms with Crippen LogP contribution in [0.1, 0.15) is 29.0 Å². The van der Waals surface area contributed by atoms with Gasteiger partial charge in [0.05, 0.1) is 29.0 Å². The standard InChI is InChI=1S/C17H17BrN2O3/c1-22-17(21)12-4-6-13(7-5-12)19-11-14-10-15(18)16(23-14)20-8-2-3-9-20/h4-7,10-11H,2-3,8-9H2,1H3. The maximum atomic E-state index is 11.4. The van der Waals surface area contributed by atoms with Gasteiger partial charge < -0.3 is 14.1 Å². The van der Waals surface area contributed by atoms with E-state index in [0.29, 0.717) is 11.3 Å². The molecule has 0 atom stereocenters. The smallest absolute Gasteiger partial charge is 0.337 e. The normalized spacial score (nSPS) is 14.6. The van der Waals surface area contributed by atoms with Gasteiger partial charge in [0.2, 0.25) is 5.88 Å². The molecule has 0 amide bonds. The molecule has 0 spiro atoms. The Morgan fingerprint density at radius 2 is 2.00 bits per heavy atom. The summed E-state index contributed by atoms with van der Waals surface area (Å²) in [6.45, 7) is 2.05. The molecule has 0 unspecified atom stereocenters. The molecule has 5 nitrogen and oxygen atoms in total. The van der Waals surface area contributed by atoms with E-state index >= 15 is 0 Å². The summed E-state index contributed by atoms with van der Waals surface area (Å²) in [4.78, 5) is 18.0. The molecule has 1 aromatic heterocycles. The molecule has 1 saturated heterocycles. The van der Waals surface area contributed by atoms with Gasteiger partial charge in [0.1, 0.15) is 5.76 Å². The van der Waals surface area contributed by atoms with Crippen molar-refractivity contribution in [1.29, 1.82) is 0 Å². The Kier molecular flexibility index (Phi) is 4.81. The fraction of sp³-hybridized carbons (Fsp3) is 0.294. The van der Waals surface area contributed by atoms with Crippen LogP contribution in [-0.2, 0) is 4.74 Å². The molecule has 1 aromatic carbocycles. The third-order valence-electron chi connectivity index (χ3n) is 3.71. The summed E-state index contributed by atoms with van der Waals surface area (Å²) < 4.78 is 11.5. The van der Waals surface area contributed by atoms with Gasteiger partial charge in [-0.3, -0.25) is 4.99 Å². The Hall–Kier alpha value is -2.08. The highest BCUT2D eigenvalue weighted by Crippen LogP contribution is 2.32. The molecule has 0 radical (unpaired) electrons. The molecular formula is C17H17BrN2O3. The average Bonchev–Trinajstić information content (AvgIpc) is 3.22. The van der Waals surface area contributed by atoms with Crippen molar-refractivity contribution in [1.82, 2.24) is 0 Å². The summed E-state index contributed by atoms with van der Waals surface area (Å²) in [5, 5.41) is 0. The zero-order valence-corrected chi connectivity index (χ0v) is 14.4. The minimum atomic E-state index is -0.356. The largest absolute Gasteiger partial charge is 0.465 e. The topological polar surface area (TPSA) is 55.0 Å². The van der Waals surface area contributed by atoms with E-state index in [4.69, 9.17) is 4.42 Å². The minimum absolute atomic E-state index is 0.356. The van der Waals surface area contributed by atoms with E-state index in [-0.39, 0.29) is 5.97 Å². The first-order valence-corrected chi connectivity index (χ1v) is 8.23. The highest BCUT2D eigenvalue weighted by atomic mass is 79.9. The number of esters is 1. The van der Waals surface area contributed by atoms with Crippen LogP contribution in [-0.4, -0.2) is 32.4 Å². The van der Waals surface area contributed by atoms with Crippen molar-refractivity contribution in [3.05, 3.63) is 46.1 Å². The van der Waals surface area contributed by atoms with E-state index < -0.39 is 0 Å². The molecule has 0 saturated carbocycles. The van der Waals surface area contributed by atoms with Crippen molar-refractivity contribution in [3.63, 3.8) is 0 Å². The third-order valence-corrected chi connectivity index (χ3v) is 4.28. The summed E-state index contributed by atoms with van der Waals surface area (Å²) >= 11 is 3.54. The van der Waals surface area contributed by atoms with Gasteiger partial charge in [0.15, 0.2) is 0 Å². The maximum absolute atomic E-state index is 11.4. The third kappa shape index (κ3) is 3.64. The number of aliphatic imine (C=N–C) groups is 1. The molecule has 2 aromatic rings. The highest BCUT2D eigenvalue weighted by molar-refractivity contribution is 9.10. The molecule has 1 fully saturated rings. The summed E-state index contributed by atoms with van der Waals surface area (Å²) in [6, 6.07) is 8.82. The van der Waals surface area contributed by atoms with Crippen LogP contribution in [0.15, 0.2) is 44.2 Å². The number of ether oxygens (including phenoxy) is 1. The predicted molar refractivity (Wildman–Crippen MR) is 92.9 cm³/mol. The second-order valence-electron chi connectivity index (χ2n) is 5.29. The summed E-state index contributed by atoms with van der Waals surface area (Å²) in [7, 11) is 1.36. The van der Waals surface area contributed by atoms with Crippen molar-refractivity contribution in [2.75, 3.05) is 25.1 Å². The van der Waals surface area contributed by atoms with E-state index in [1.807, 2.05) is 6.07 Å². The Labute approximate surface area is 143 Å². The molecule has 1 aliphatic heterocycles. The van der Waals surface area contributed by atoms with Crippen LogP contribution in [0.2, 0.25) is 0 Å². The molecule has 6 heteroatoms. The summed E-state index contributed by atoms with van der Waals surface area (Å²) in [6.07, 6.45) is 4.07. The number of rotatable bonds is 4. The van der Waals surface area contributed by atoms with Gasteiger partial charge in [-0.1, -0.05) is 0 Å². The lowest BCUT2D eigenvalue weighted by atomic mass is 10.2. The van der Waals surface area contributed by atoms with Gasteiger partial charge in [-0.15, -0.1) is 0 Å². The fourth-order valence-electron chi connectivity index (χ4n) is 2.52.